The van der Waals surface area contributed by atoms with Crippen molar-refractivity contribution in [1.82, 2.24) is 15.1 Å². The summed E-state index contributed by atoms with van der Waals surface area (Å²) < 4.78 is 5.60. The molecule has 23 heavy (non-hydrogen) atoms. The van der Waals surface area contributed by atoms with Gasteiger partial charge in [-0.15, -0.1) is 0 Å². The molecular weight excluding hydrogens is 286 g/mol. The van der Waals surface area contributed by atoms with Crippen molar-refractivity contribution < 1.29 is 4.74 Å². The Hall–Kier alpha value is -1.10. The quantitative estimate of drug-likeness (QED) is 0.872. The highest BCUT2D eigenvalue weighted by Gasteiger charge is 2.25. The maximum Gasteiger partial charge on any atom is 0.119 e. The highest BCUT2D eigenvalue weighted by atomic mass is 16.5. The van der Waals surface area contributed by atoms with Gasteiger partial charge in [-0.1, -0.05) is 18.6 Å². The zero-order valence-corrected chi connectivity index (χ0v) is 14.5. The first-order valence-corrected chi connectivity index (χ1v) is 9.26. The molecule has 4 nitrogen and oxygen atoms in total. The first-order valence-electron chi connectivity index (χ1n) is 9.26. The second-order valence-electron chi connectivity index (χ2n) is 6.67. The van der Waals surface area contributed by atoms with Gasteiger partial charge in [-0.05, 0) is 50.6 Å². The van der Waals surface area contributed by atoms with Crippen LogP contribution >= 0.6 is 0 Å². The summed E-state index contributed by atoms with van der Waals surface area (Å²) in [4.78, 5) is 5.31. The highest BCUT2D eigenvalue weighted by Crippen LogP contribution is 2.27. The molecule has 0 aliphatic carbocycles. The van der Waals surface area contributed by atoms with E-state index in [4.69, 9.17) is 4.74 Å². The molecule has 0 bridgehead atoms. The van der Waals surface area contributed by atoms with E-state index in [0.29, 0.717) is 6.04 Å². The Morgan fingerprint density at radius 3 is 2.35 bits per heavy atom. The van der Waals surface area contributed by atoms with Crippen LogP contribution in [0.3, 0.4) is 0 Å². The summed E-state index contributed by atoms with van der Waals surface area (Å²) in [5.41, 5.74) is 1.44. The third-order valence-electron chi connectivity index (χ3n) is 5.05. The van der Waals surface area contributed by atoms with Gasteiger partial charge in [0.2, 0.25) is 0 Å². The molecule has 0 amide bonds. The monoisotopic (exact) mass is 317 g/mol. The van der Waals surface area contributed by atoms with Gasteiger partial charge in [-0.3, -0.25) is 9.80 Å². The molecule has 2 aliphatic heterocycles. The van der Waals surface area contributed by atoms with Gasteiger partial charge in [0.05, 0.1) is 6.61 Å². The van der Waals surface area contributed by atoms with E-state index in [1.807, 2.05) is 6.92 Å². The fourth-order valence-corrected chi connectivity index (χ4v) is 3.75. The van der Waals surface area contributed by atoms with Crippen molar-refractivity contribution in [2.75, 3.05) is 52.4 Å². The second-order valence-corrected chi connectivity index (χ2v) is 6.67. The Kier molecular flexibility index (Phi) is 6.31. The van der Waals surface area contributed by atoms with E-state index < -0.39 is 0 Å². The molecule has 0 radical (unpaired) electrons. The lowest BCUT2D eigenvalue weighted by molar-refractivity contribution is 0.111. The molecule has 0 spiro atoms. The topological polar surface area (TPSA) is 27.7 Å². The number of nitrogens with zero attached hydrogens (tertiary/aromatic N) is 2. The van der Waals surface area contributed by atoms with Crippen LogP contribution in [0.15, 0.2) is 24.3 Å². The van der Waals surface area contributed by atoms with Crippen LogP contribution in [0.25, 0.3) is 0 Å². The average Bonchev–Trinajstić information content (AvgIpc) is 2.62. The number of ether oxygens (including phenoxy) is 1. The molecule has 1 N–H and O–H groups in total. The first kappa shape index (κ1) is 16.7. The van der Waals surface area contributed by atoms with Crippen LogP contribution in [-0.2, 0) is 0 Å². The maximum absolute atomic E-state index is 5.60. The number of benzene rings is 1. The van der Waals surface area contributed by atoms with Crippen molar-refractivity contribution >= 4 is 0 Å². The molecule has 1 atom stereocenters. The van der Waals surface area contributed by atoms with Crippen LogP contribution in [-0.4, -0.2) is 62.2 Å². The minimum atomic E-state index is 0.518. The molecule has 2 fully saturated rings. The number of likely N-dealkylation sites (tertiary alicyclic amines) is 1. The molecule has 0 saturated carbocycles. The molecule has 128 valence electrons. The van der Waals surface area contributed by atoms with Gasteiger partial charge in [-0.25, -0.2) is 0 Å². The van der Waals surface area contributed by atoms with E-state index in [2.05, 4.69) is 39.4 Å². The summed E-state index contributed by atoms with van der Waals surface area (Å²) in [6.07, 6.45) is 4.07. The Labute approximate surface area is 140 Å². The third kappa shape index (κ3) is 4.69. The van der Waals surface area contributed by atoms with Crippen LogP contribution in [0.2, 0.25) is 0 Å². The molecular formula is C19H31N3O. The van der Waals surface area contributed by atoms with Gasteiger partial charge >= 0.3 is 0 Å². The smallest absolute Gasteiger partial charge is 0.119 e. The van der Waals surface area contributed by atoms with Crippen molar-refractivity contribution in [3.8, 4) is 5.75 Å². The third-order valence-corrected chi connectivity index (χ3v) is 5.05. The highest BCUT2D eigenvalue weighted by molar-refractivity contribution is 5.29. The minimum Gasteiger partial charge on any atom is -0.494 e. The summed E-state index contributed by atoms with van der Waals surface area (Å²) >= 11 is 0. The molecule has 4 heteroatoms. The van der Waals surface area contributed by atoms with Crippen molar-refractivity contribution in [2.45, 2.75) is 32.2 Å². The van der Waals surface area contributed by atoms with Gasteiger partial charge in [-0.2, -0.15) is 0 Å². The van der Waals surface area contributed by atoms with Gasteiger partial charge in [0.1, 0.15) is 5.75 Å². The SMILES string of the molecule is CCOc1ccc(C(CN2CCNCC2)N2CCCCC2)cc1. The zero-order valence-electron chi connectivity index (χ0n) is 14.5. The number of rotatable bonds is 6. The normalized spacial score (nSPS) is 22.0. The van der Waals surface area contributed by atoms with Gasteiger partial charge in [0, 0.05) is 38.8 Å². The minimum absolute atomic E-state index is 0.518. The molecule has 3 rings (SSSR count). The van der Waals surface area contributed by atoms with E-state index >= 15 is 0 Å². The summed E-state index contributed by atoms with van der Waals surface area (Å²) in [6, 6.07) is 9.32. The molecule has 1 unspecified atom stereocenters. The average molecular weight is 317 g/mol. The number of piperazine rings is 1. The Morgan fingerprint density at radius 1 is 1.00 bits per heavy atom. The molecule has 0 aromatic heterocycles. The van der Waals surface area contributed by atoms with Gasteiger partial charge in [0.15, 0.2) is 0 Å². The summed E-state index contributed by atoms with van der Waals surface area (Å²) in [7, 11) is 0. The predicted molar refractivity (Wildman–Crippen MR) is 95.1 cm³/mol. The Balaban J connectivity index is 1.72. The Bertz CT molecular complexity index is 450. The fourth-order valence-electron chi connectivity index (χ4n) is 3.75. The lowest BCUT2D eigenvalue weighted by atomic mass is 10.0. The lowest BCUT2D eigenvalue weighted by Gasteiger charge is -2.39. The van der Waals surface area contributed by atoms with Gasteiger partial charge < -0.3 is 10.1 Å². The summed E-state index contributed by atoms with van der Waals surface area (Å²) in [5.74, 6) is 0.982. The van der Waals surface area contributed by atoms with Gasteiger partial charge in [0.25, 0.3) is 0 Å². The van der Waals surface area contributed by atoms with Crippen LogP contribution < -0.4 is 10.1 Å². The first-order chi connectivity index (χ1) is 11.4. The fraction of sp³-hybridized carbons (Fsp3) is 0.684. The predicted octanol–water partition coefficient (Wildman–Crippen LogP) is 2.52. The number of hydrogen-bond acceptors (Lipinski definition) is 4. The van der Waals surface area contributed by atoms with Crippen LogP contribution in [0.4, 0.5) is 0 Å². The largest absolute Gasteiger partial charge is 0.494 e. The van der Waals surface area contributed by atoms with Crippen LogP contribution in [0.5, 0.6) is 5.75 Å². The lowest BCUT2D eigenvalue weighted by Crippen LogP contribution is -2.48. The van der Waals surface area contributed by atoms with E-state index in [0.717, 1.165) is 32.0 Å². The van der Waals surface area contributed by atoms with Crippen molar-refractivity contribution in [3.63, 3.8) is 0 Å². The molecule has 2 aliphatic rings. The van der Waals surface area contributed by atoms with E-state index in [-0.39, 0.29) is 0 Å². The van der Waals surface area contributed by atoms with Crippen molar-refractivity contribution in [1.29, 1.82) is 0 Å². The van der Waals surface area contributed by atoms with E-state index in [9.17, 15) is 0 Å². The second kappa shape index (κ2) is 8.67. The molecule has 2 heterocycles. The molecule has 1 aromatic rings. The molecule has 2 saturated heterocycles. The van der Waals surface area contributed by atoms with Crippen LogP contribution in [0.1, 0.15) is 37.8 Å². The summed E-state index contributed by atoms with van der Waals surface area (Å²) in [5, 5.41) is 3.46. The summed E-state index contributed by atoms with van der Waals surface area (Å²) in [6.45, 7) is 11.0. The number of hydrogen-bond donors (Lipinski definition) is 1. The van der Waals surface area contributed by atoms with Crippen molar-refractivity contribution in [2.24, 2.45) is 0 Å². The van der Waals surface area contributed by atoms with Crippen LogP contribution in [0, 0.1) is 0 Å². The number of nitrogens with one attached hydrogen (secondary N) is 1. The maximum atomic E-state index is 5.60. The van der Waals surface area contributed by atoms with Crippen molar-refractivity contribution in [3.05, 3.63) is 29.8 Å². The Morgan fingerprint density at radius 2 is 1.70 bits per heavy atom. The van der Waals surface area contributed by atoms with E-state index in [1.54, 1.807) is 0 Å². The number of piperidine rings is 1. The zero-order chi connectivity index (χ0) is 15.9. The standard InChI is InChI=1S/C19H31N3O/c1-2-23-18-8-6-17(7-9-18)19(22-12-4-3-5-13-22)16-21-14-10-20-11-15-21/h6-9,19-20H,2-5,10-16H2,1H3. The van der Waals surface area contributed by atoms with E-state index in [1.165, 1.54) is 51.0 Å². The molecule has 1 aromatic carbocycles.